The van der Waals surface area contributed by atoms with E-state index in [2.05, 4.69) is 21.9 Å². The van der Waals surface area contributed by atoms with Crippen LogP contribution in [0.4, 0.5) is 5.69 Å². The second-order valence-electron chi connectivity index (χ2n) is 5.44. The third-order valence-corrected chi connectivity index (χ3v) is 5.31. The van der Waals surface area contributed by atoms with Crippen LogP contribution in [0.25, 0.3) is 0 Å². The maximum atomic E-state index is 11.8. The number of hydrogen-bond donors (Lipinski definition) is 2. The molecule has 21 heavy (non-hydrogen) atoms. The van der Waals surface area contributed by atoms with Gasteiger partial charge in [-0.2, -0.15) is 0 Å². The van der Waals surface area contributed by atoms with Gasteiger partial charge in [0.2, 0.25) is 10.0 Å². The van der Waals surface area contributed by atoms with Gasteiger partial charge in [-0.25, -0.2) is 13.1 Å². The van der Waals surface area contributed by atoms with Gasteiger partial charge in [0.05, 0.1) is 4.90 Å². The average molecular weight is 311 g/mol. The fourth-order valence-electron chi connectivity index (χ4n) is 2.73. The summed E-state index contributed by atoms with van der Waals surface area (Å²) < 4.78 is 25.8. The number of hydrogen-bond acceptors (Lipinski definition) is 4. The lowest BCUT2D eigenvalue weighted by atomic mass is 10.2. The molecular weight excluding hydrogens is 286 g/mol. The Balaban J connectivity index is 2.12. The largest absolute Gasteiger partial charge is 0.370 e. The molecule has 1 atom stereocenters. The van der Waals surface area contributed by atoms with Gasteiger partial charge in [-0.1, -0.05) is 6.92 Å². The van der Waals surface area contributed by atoms with Crippen LogP contribution in [-0.4, -0.2) is 41.1 Å². The number of rotatable bonds is 7. The summed E-state index contributed by atoms with van der Waals surface area (Å²) in [6.07, 6.45) is 3.53. The highest BCUT2D eigenvalue weighted by molar-refractivity contribution is 7.89. The van der Waals surface area contributed by atoms with Crippen LogP contribution >= 0.6 is 0 Å². The fourth-order valence-corrected chi connectivity index (χ4v) is 3.46. The van der Waals surface area contributed by atoms with Crippen molar-refractivity contribution in [1.82, 2.24) is 10.0 Å². The molecule has 1 aromatic rings. The van der Waals surface area contributed by atoms with Crippen molar-refractivity contribution in [3.8, 4) is 0 Å². The summed E-state index contributed by atoms with van der Waals surface area (Å²) in [7, 11) is -1.93. The Morgan fingerprint density at radius 1 is 1.33 bits per heavy atom. The molecule has 0 aromatic heterocycles. The van der Waals surface area contributed by atoms with Gasteiger partial charge in [-0.05, 0) is 57.1 Å². The molecule has 1 heterocycles. The van der Waals surface area contributed by atoms with Crippen molar-refractivity contribution in [2.45, 2.75) is 37.1 Å². The van der Waals surface area contributed by atoms with Crippen LogP contribution in [0.3, 0.4) is 0 Å². The molecule has 2 rings (SSSR count). The predicted molar refractivity (Wildman–Crippen MR) is 86.2 cm³/mol. The summed E-state index contributed by atoms with van der Waals surface area (Å²) in [5, 5.41) is 3.51. The fraction of sp³-hybridized carbons (Fsp3) is 0.600. The normalized spacial score (nSPS) is 18.9. The topological polar surface area (TPSA) is 61.4 Å². The first kappa shape index (κ1) is 16.3. The zero-order valence-corrected chi connectivity index (χ0v) is 13.6. The quantitative estimate of drug-likeness (QED) is 0.802. The Kier molecular flexibility index (Phi) is 5.61. The highest BCUT2D eigenvalue weighted by Crippen LogP contribution is 2.20. The standard InChI is InChI=1S/C15H25N3O2S/c1-3-11-18(12-13-5-4-10-17-13)14-6-8-15(9-7-14)21(19,20)16-2/h6-9,13,16-17H,3-5,10-12H2,1-2H3. The zero-order valence-electron chi connectivity index (χ0n) is 12.8. The molecule has 1 aliphatic rings. The van der Waals surface area contributed by atoms with Gasteiger partial charge in [0, 0.05) is 24.8 Å². The summed E-state index contributed by atoms with van der Waals surface area (Å²) >= 11 is 0. The van der Waals surface area contributed by atoms with Gasteiger partial charge in [0.25, 0.3) is 0 Å². The molecule has 0 saturated carbocycles. The molecule has 0 spiro atoms. The minimum Gasteiger partial charge on any atom is -0.370 e. The molecule has 5 nitrogen and oxygen atoms in total. The third kappa shape index (κ3) is 4.18. The lowest BCUT2D eigenvalue weighted by Crippen LogP contribution is -2.38. The van der Waals surface area contributed by atoms with Crippen LogP contribution in [0.1, 0.15) is 26.2 Å². The van der Waals surface area contributed by atoms with E-state index in [1.54, 1.807) is 12.1 Å². The molecule has 2 N–H and O–H groups in total. The van der Waals surface area contributed by atoms with Crippen LogP contribution in [-0.2, 0) is 10.0 Å². The molecule has 1 saturated heterocycles. The van der Waals surface area contributed by atoms with Crippen LogP contribution in [0.5, 0.6) is 0 Å². The molecule has 118 valence electrons. The highest BCUT2D eigenvalue weighted by atomic mass is 32.2. The summed E-state index contributed by atoms with van der Waals surface area (Å²) in [4.78, 5) is 2.64. The van der Waals surface area contributed by atoms with Gasteiger partial charge in [-0.15, -0.1) is 0 Å². The molecule has 0 radical (unpaired) electrons. The summed E-state index contributed by atoms with van der Waals surface area (Å²) in [6.45, 7) is 5.22. The second-order valence-corrected chi connectivity index (χ2v) is 7.33. The van der Waals surface area contributed by atoms with Gasteiger partial charge in [0.15, 0.2) is 0 Å². The van der Waals surface area contributed by atoms with Gasteiger partial charge in [-0.3, -0.25) is 0 Å². The maximum absolute atomic E-state index is 11.8. The van der Waals surface area contributed by atoms with E-state index >= 15 is 0 Å². The molecule has 6 heteroatoms. The highest BCUT2D eigenvalue weighted by Gasteiger charge is 2.18. The van der Waals surface area contributed by atoms with E-state index in [4.69, 9.17) is 0 Å². The number of nitrogens with zero attached hydrogens (tertiary/aromatic N) is 1. The number of benzene rings is 1. The minimum atomic E-state index is -3.36. The lowest BCUT2D eigenvalue weighted by Gasteiger charge is -2.27. The van der Waals surface area contributed by atoms with E-state index in [0.29, 0.717) is 10.9 Å². The Morgan fingerprint density at radius 3 is 2.57 bits per heavy atom. The Labute approximate surface area is 127 Å². The number of anilines is 1. The smallest absolute Gasteiger partial charge is 0.240 e. The maximum Gasteiger partial charge on any atom is 0.240 e. The van der Waals surface area contributed by atoms with Gasteiger partial charge >= 0.3 is 0 Å². The predicted octanol–water partition coefficient (Wildman–Crippen LogP) is 1.56. The van der Waals surface area contributed by atoms with Crippen LogP contribution in [0.2, 0.25) is 0 Å². The van der Waals surface area contributed by atoms with E-state index in [1.165, 1.54) is 19.9 Å². The van der Waals surface area contributed by atoms with E-state index in [9.17, 15) is 8.42 Å². The molecule has 0 bridgehead atoms. The average Bonchev–Trinajstić information content (AvgIpc) is 3.00. The van der Waals surface area contributed by atoms with E-state index < -0.39 is 10.0 Å². The van der Waals surface area contributed by atoms with E-state index in [1.807, 2.05) is 12.1 Å². The minimum absolute atomic E-state index is 0.309. The van der Waals surface area contributed by atoms with Crippen molar-refractivity contribution in [3.05, 3.63) is 24.3 Å². The Morgan fingerprint density at radius 2 is 2.05 bits per heavy atom. The number of nitrogens with one attached hydrogen (secondary N) is 2. The lowest BCUT2D eigenvalue weighted by molar-refractivity contribution is 0.578. The van der Waals surface area contributed by atoms with Crippen molar-refractivity contribution in [2.24, 2.45) is 0 Å². The number of sulfonamides is 1. The van der Waals surface area contributed by atoms with Crippen LogP contribution in [0.15, 0.2) is 29.2 Å². The van der Waals surface area contributed by atoms with E-state index in [0.717, 1.165) is 31.7 Å². The molecule has 0 aliphatic carbocycles. The van der Waals surface area contributed by atoms with E-state index in [-0.39, 0.29) is 0 Å². The van der Waals surface area contributed by atoms with Crippen molar-refractivity contribution in [2.75, 3.05) is 31.6 Å². The second kappa shape index (κ2) is 7.24. The summed E-state index contributed by atoms with van der Waals surface area (Å²) in [5.41, 5.74) is 1.08. The summed E-state index contributed by atoms with van der Waals surface area (Å²) in [5.74, 6) is 0. The van der Waals surface area contributed by atoms with Crippen molar-refractivity contribution < 1.29 is 8.42 Å². The first-order valence-corrected chi connectivity index (χ1v) is 9.07. The molecule has 1 fully saturated rings. The van der Waals surface area contributed by atoms with Crippen molar-refractivity contribution in [1.29, 1.82) is 0 Å². The SMILES string of the molecule is CCCN(CC1CCCN1)c1ccc(S(=O)(=O)NC)cc1. The third-order valence-electron chi connectivity index (χ3n) is 3.88. The molecular formula is C15H25N3O2S. The molecule has 1 unspecified atom stereocenters. The molecule has 1 aliphatic heterocycles. The molecule has 0 amide bonds. The van der Waals surface area contributed by atoms with Gasteiger partial charge in [0.1, 0.15) is 0 Å². The van der Waals surface area contributed by atoms with Crippen LogP contribution in [0, 0.1) is 0 Å². The first-order valence-electron chi connectivity index (χ1n) is 7.58. The molecule has 1 aromatic carbocycles. The summed E-state index contributed by atoms with van der Waals surface area (Å²) in [6, 6.07) is 7.68. The Hall–Kier alpha value is -1.11. The van der Waals surface area contributed by atoms with Crippen molar-refractivity contribution >= 4 is 15.7 Å². The Bertz CT molecular complexity index is 537. The monoisotopic (exact) mass is 311 g/mol. The first-order chi connectivity index (χ1) is 10.1. The van der Waals surface area contributed by atoms with Crippen molar-refractivity contribution in [3.63, 3.8) is 0 Å². The van der Waals surface area contributed by atoms with Crippen LogP contribution < -0.4 is 14.9 Å². The van der Waals surface area contributed by atoms with Gasteiger partial charge < -0.3 is 10.2 Å². The zero-order chi connectivity index (χ0) is 15.3.